The number of benzene rings is 1. The molecule has 1 saturated heterocycles. The second-order valence-electron chi connectivity index (χ2n) is 4.73. The molecule has 1 aromatic rings. The average Bonchev–Trinajstić information content (AvgIpc) is 2.40. The standard InChI is InChI=1S/C14H21N3O2/c1-19-10-14(18)17-13-4-2-3-12(9-13)16-11-5-7-15-8-6-11/h2-4,9,11,15-16H,5-8,10H2,1H3,(H,17,18). The van der Waals surface area contributed by atoms with Gasteiger partial charge in [0.05, 0.1) is 0 Å². The van der Waals surface area contributed by atoms with E-state index >= 15 is 0 Å². The minimum atomic E-state index is -0.137. The molecular formula is C14H21N3O2. The lowest BCUT2D eigenvalue weighted by Gasteiger charge is -2.24. The van der Waals surface area contributed by atoms with Crippen molar-refractivity contribution in [2.24, 2.45) is 0 Å². The van der Waals surface area contributed by atoms with Crippen molar-refractivity contribution in [2.45, 2.75) is 18.9 Å². The van der Waals surface area contributed by atoms with Crippen molar-refractivity contribution in [3.8, 4) is 0 Å². The van der Waals surface area contributed by atoms with Gasteiger partial charge in [-0.3, -0.25) is 4.79 Å². The van der Waals surface area contributed by atoms with Crippen LogP contribution in [0.4, 0.5) is 11.4 Å². The van der Waals surface area contributed by atoms with Crippen LogP contribution in [0, 0.1) is 0 Å². The first-order chi connectivity index (χ1) is 9.28. The summed E-state index contributed by atoms with van der Waals surface area (Å²) in [5.74, 6) is -0.137. The lowest BCUT2D eigenvalue weighted by Crippen LogP contribution is -2.35. The van der Waals surface area contributed by atoms with E-state index in [2.05, 4.69) is 16.0 Å². The van der Waals surface area contributed by atoms with Gasteiger partial charge in [0.2, 0.25) is 5.91 Å². The quantitative estimate of drug-likeness (QED) is 0.752. The Balaban J connectivity index is 1.92. The molecule has 1 aliphatic rings. The van der Waals surface area contributed by atoms with Gasteiger partial charge in [0, 0.05) is 24.5 Å². The summed E-state index contributed by atoms with van der Waals surface area (Å²) < 4.78 is 4.79. The molecule has 0 aliphatic carbocycles. The first kappa shape index (κ1) is 13.8. The molecule has 3 N–H and O–H groups in total. The Morgan fingerprint density at radius 2 is 2.11 bits per heavy atom. The first-order valence-electron chi connectivity index (χ1n) is 6.64. The van der Waals surface area contributed by atoms with Gasteiger partial charge in [-0.1, -0.05) is 6.07 Å². The molecule has 5 heteroatoms. The Bertz CT molecular complexity index is 417. The normalized spacial score (nSPS) is 16.1. The van der Waals surface area contributed by atoms with Crippen LogP contribution in [-0.2, 0) is 9.53 Å². The van der Waals surface area contributed by atoms with Gasteiger partial charge in [0.15, 0.2) is 0 Å². The van der Waals surface area contributed by atoms with Crippen molar-refractivity contribution in [2.75, 3.05) is 37.4 Å². The molecule has 19 heavy (non-hydrogen) atoms. The highest BCUT2D eigenvalue weighted by molar-refractivity contribution is 5.92. The van der Waals surface area contributed by atoms with Crippen LogP contribution < -0.4 is 16.0 Å². The van der Waals surface area contributed by atoms with Crippen LogP contribution in [-0.4, -0.2) is 38.8 Å². The number of carbonyl (C=O) groups excluding carboxylic acids is 1. The van der Waals surface area contributed by atoms with Gasteiger partial charge < -0.3 is 20.7 Å². The predicted molar refractivity (Wildman–Crippen MR) is 76.5 cm³/mol. The highest BCUT2D eigenvalue weighted by atomic mass is 16.5. The maximum atomic E-state index is 11.4. The van der Waals surface area contributed by atoms with E-state index in [4.69, 9.17) is 4.74 Å². The molecule has 0 aromatic heterocycles. The van der Waals surface area contributed by atoms with Gasteiger partial charge in [0.25, 0.3) is 0 Å². The number of hydrogen-bond donors (Lipinski definition) is 3. The summed E-state index contributed by atoms with van der Waals surface area (Å²) in [4.78, 5) is 11.4. The van der Waals surface area contributed by atoms with Gasteiger partial charge in [-0.25, -0.2) is 0 Å². The summed E-state index contributed by atoms with van der Waals surface area (Å²) in [5, 5.41) is 9.65. The van der Waals surface area contributed by atoms with E-state index in [0.717, 1.165) is 37.3 Å². The van der Waals surface area contributed by atoms with Crippen molar-refractivity contribution in [1.82, 2.24) is 5.32 Å². The summed E-state index contributed by atoms with van der Waals surface area (Å²) in [6.45, 7) is 2.19. The smallest absolute Gasteiger partial charge is 0.250 e. The summed E-state index contributed by atoms with van der Waals surface area (Å²) in [6, 6.07) is 8.29. The molecule has 5 nitrogen and oxygen atoms in total. The number of ether oxygens (including phenoxy) is 1. The van der Waals surface area contributed by atoms with Crippen LogP contribution in [0.2, 0.25) is 0 Å². The minimum Gasteiger partial charge on any atom is -0.382 e. The van der Waals surface area contributed by atoms with Crippen molar-refractivity contribution < 1.29 is 9.53 Å². The van der Waals surface area contributed by atoms with Crippen molar-refractivity contribution >= 4 is 17.3 Å². The van der Waals surface area contributed by atoms with Crippen molar-refractivity contribution in [3.05, 3.63) is 24.3 Å². The number of hydrogen-bond acceptors (Lipinski definition) is 4. The fourth-order valence-corrected chi connectivity index (χ4v) is 2.22. The number of rotatable bonds is 5. The minimum absolute atomic E-state index is 0.0753. The van der Waals surface area contributed by atoms with Gasteiger partial charge in [-0.15, -0.1) is 0 Å². The molecule has 0 radical (unpaired) electrons. The Hall–Kier alpha value is -1.59. The third-order valence-electron chi connectivity index (χ3n) is 3.13. The molecule has 1 aliphatic heterocycles. The van der Waals surface area contributed by atoms with E-state index in [1.165, 1.54) is 7.11 Å². The van der Waals surface area contributed by atoms with Gasteiger partial charge in [-0.2, -0.15) is 0 Å². The highest BCUT2D eigenvalue weighted by Gasteiger charge is 2.12. The van der Waals surface area contributed by atoms with E-state index in [9.17, 15) is 4.79 Å². The largest absolute Gasteiger partial charge is 0.382 e. The van der Waals surface area contributed by atoms with Crippen LogP contribution in [0.3, 0.4) is 0 Å². The molecular weight excluding hydrogens is 242 g/mol. The summed E-state index contributed by atoms with van der Waals surface area (Å²) >= 11 is 0. The number of carbonyl (C=O) groups is 1. The van der Waals surface area contributed by atoms with Crippen LogP contribution in [0.25, 0.3) is 0 Å². The molecule has 0 spiro atoms. The third kappa shape index (κ3) is 4.54. The molecule has 0 atom stereocenters. The Labute approximate surface area is 113 Å². The lowest BCUT2D eigenvalue weighted by atomic mass is 10.1. The predicted octanol–water partition coefficient (Wildman–Crippen LogP) is 1.44. The fourth-order valence-electron chi connectivity index (χ4n) is 2.22. The highest BCUT2D eigenvalue weighted by Crippen LogP contribution is 2.18. The SMILES string of the molecule is COCC(=O)Nc1cccc(NC2CCNCC2)c1. The summed E-state index contributed by atoms with van der Waals surface area (Å²) in [7, 11) is 1.51. The zero-order valence-electron chi connectivity index (χ0n) is 11.2. The summed E-state index contributed by atoms with van der Waals surface area (Å²) in [5.41, 5.74) is 1.84. The van der Waals surface area contributed by atoms with E-state index in [-0.39, 0.29) is 12.5 Å². The zero-order valence-corrected chi connectivity index (χ0v) is 11.2. The number of nitrogens with one attached hydrogen (secondary N) is 3. The van der Waals surface area contributed by atoms with Gasteiger partial charge in [0.1, 0.15) is 6.61 Å². The molecule has 0 bridgehead atoms. The number of anilines is 2. The Morgan fingerprint density at radius 3 is 2.84 bits per heavy atom. The van der Waals surface area contributed by atoms with Gasteiger partial charge >= 0.3 is 0 Å². The van der Waals surface area contributed by atoms with Crippen LogP contribution in [0.1, 0.15) is 12.8 Å². The molecule has 104 valence electrons. The van der Waals surface area contributed by atoms with Crippen LogP contribution >= 0.6 is 0 Å². The molecule has 1 fully saturated rings. The number of piperidine rings is 1. The lowest BCUT2D eigenvalue weighted by molar-refractivity contribution is -0.119. The van der Waals surface area contributed by atoms with Crippen molar-refractivity contribution in [1.29, 1.82) is 0 Å². The maximum absolute atomic E-state index is 11.4. The molecule has 1 aromatic carbocycles. The zero-order chi connectivity index (χ0) is 13.5. The average molecular weight is 263 g/mol. The first-order valence-corrected chi connectivity index (χ1v) is 6.64. The molecule has 1 heterocycles. The molecule has 0 saturated carbocycles. The topological polar surface area (TPSA) is 62.4 Å². The Kier molecular flexibility index (Phi) is 5.18. The van der Waals surface area contributed by atoms with Crippen LogP contribution in [0.15, 0.2) is 24.3 Å². The Morgan fingerprint density at radius 1 is 1.37 bits per heavy atom. The summed E-state index contributed by atoms with van der Waals surface area (Å²) in [6.07, 6.45) is 2.25. The maximum Gasteiger partial charge on any atom is 0.250 e. The number of methoxy groups -OCH3 is 1. The van der Waals surface area contributed by atoms with Crippen molar-refractivity contribution in [3.63, 3.8) is 0 Å². The van der Waals surface area contributed by atoms with Crippen LogP contribution in [0.5, 0.6) is 0 Å². The third-order valence-corrected chi connectivity index (χ3v) is 3.13. The fraction of sp³-hybridized carbons (Fsp3) is 0.500. The van der Waals surface area contributed by atoms with Gasteiger partial charge in [-0.05, 0) is 44.1 Å². The molecule has 0 unspecified atom stereocenters. The van der Waals surface area contributed by atoms with E-state index in [0.29, 0.717) is 6.04 Å². The molecule has 2 rings (SSSR count). The number of amides is 1. The van der Waals surface area contributed by atoms with E-state index < -0.39 is 0 Å². The second kappa shape index (κ2) is 7.11. The monoisotopic (exact) mass is 263 g/mol. The van der Waals surface area contributed by atoms with E-state index in [1.807, 2.05) is 24.3 Å². The molecule has 1 amide bonds. The van der Waals surface area contributed by atoms with E-state index in [1.54, 1.807) is 0 Å². The second-order valence-corrected chi connectivity index (χ2v) is 4.73.